The van der Waals surface area contributed by atoms with Crippen molar-refractivity contribution in [3.05, 3.63) is 41.5 Å². The van der Waals surface area contributed by atoms with Gasteiger partial charge in [-0.1, -0.05) is 38.1 Å². The van der Waals surface area contributed by atoms with Crippen LogP contribution in [0.2, 0.25) is 0 Å². The molecule has 1 aliphatic carbocycles. The van der Waals surface area contributed by atoms with Crippen LogP contribution in [0.3, 0.4) is 0 Å². The molecule has 0 heterocycles. The number of rotatable bonds is 6. The Labute approximate surface area is 123 Å². The van der Waals surface area contributed by atoms with E-state index in [1.165, 1.54) is 6.08 Å². The zero-order chi connectivity index (χ0) is 15.4. The number of aliphatic hydroxyl groups is 1. The van der Waals surface area contributed by atoms with E-state index in [-0.39, 0.29) is 12.6 Å². The summed E-state index contributed by atoms with van der Waals surface area (Å²) < 4.78 is 5.52. The zero-order valence-electron chi connectivity index (χ0n) is 12.1. The normalized spacial score (nSPS) is 15.7. The fourth-order valence-corrected chi connectivity index (χ4v) is 2.03. The molecule has 0 radical (unpaired) electrons. The fourth-order valence-electron chi connectivity index (χ4n) is 2.03. The van der Waals surface area contributed by atoms with Gasteiger partial charge in [0, 0.05) is 29.8 Å². The third-order valence-electron chi connectivity index (χ3n) is 3.12. The van der Waals surface area contributed by atoms with Crippen LogP contribution in [0.5, 0.6) is 0 Å². The molecule has 1 atom stereocenters. The highest BCUT2D eigenvalue weighted by Gasteiger charge is 2.26. The predicted molar refractivity (Wildman–Crippen MR) is 78.9 cm³/mol. The quantitative estimate of drug-likeness (QED) is 0.769. The Kier molecular flexibility index (Phi) is 4.88. The molecule has 2 rings (SSSR count). The van der Waals surface area contributed by atoms with Gasteiger partial charge in [0.05, 0.1) is 0 Å². The molecule has 0 aliphatic heterocycles. The van der Waals surface area contributed by atoms with Gasteiger partial charge in [-0.15, -0.1) is 0 Å². The molecule has 1 aromatic rings. The lowest BCUT2D eigenvalue weighted by atomic mass is 9.94. The minimum atomic E-state index is -0.687. The molecule has 0 spiro atoms. The van der Waals surface area contributed by atoms with Crippen LogP contribution < -0.4 is 5.32 Å². The molecule has 0 saturated heterocycles. The second kappa shape index (κ2) is 6.65. The van der Waals surface area contributed by atoms with Crippen LogP contribution in [-0.2, 0) is 9.53 Å². The fraction of sp³-hybridized carbons (Fsp3) is 0.375. The van der Waals surface area contributed by atoms with E-state index in [9.17, 15) is 14.7 Å². The maximum absolute atomic E-state index is 11.8. The van der Waals surface area contributed by atoms with E-state index in [1.807, 2.05) is 13.8 Å². The first-order valence-electron chi connectivity index (χ1n) is 6.93. The van der Waals surface area contributed by atoms with Crippen LogP contribution in [0.15, 0.2) is 30.3 Å². The highest BCUT2D eigenvalue weighted by molar-refractivity contribution is 6.50. The van der Waals surface area contributed by atoms with Gasteiger partial charge in [0.2, 0.25) is 11.6 Å². The lowest BCUT2D eigenvalue weighted by Gasteiger charge is -2.19. The molecule has 21 heavy (non-hydrogen) atoms. The van der Waals surface area contributed by atoms with Crippen LogP contribution in [0.25, 0.3) is 5.76 Å². The number of nitrogens with one attached hydrogen (secondary N) is 1. The number of fused-ring (bicyclic) bond motifs is 1. The Morgan fingerprint density at radius 1 is 1.19 bits per heavy atom. The Morgan fingerprint density at radius 3 is 2.52 bits per heavy atom. The molecular weight excluding hydrogens is 270 g/mol. The summed E-state index contributed by atoms with van der Waals surface area (Å²) in [6, 6.07) is 7.07. The number of ether oxygens (including phenoxy) is 1. The highest BCUT2D eigenvalue weighted by Crippen LogP contribution is 2.25. The van der Waals surface area contributed by atoms with Crippen LogP contribution in [0, 0.1) is 0 Å². The molecule has 0 aromatic heterocycles. The van der Waals surface area contributed by atoms with Crippen molar-refractivity contribution in [2.45, 2.75) is 26.0 Å². The summed E-state index contributed by atoms with van der Waals surface area (Å²) in [6.07, 6.45) is 0.501. The maximum Gasteiger partial charge on any atom is 0.233 e. The van der Waals surface area contributed by atoms with E-state index in [4.69, 9.17) is 4.74 Å². The average Bonchev–Trinajstić information content (AvgIpc) is 2.47. The molecule has 2 N–H and O–H groups in total. The molecule has 5 nitrogen and oxygen atoms in total. The zero-order valence-corrected chi connectivity index (χ0v) is 12.1. The standard InChI is InChI=1S/C16H19NO4/c1-10(2)17-8-11(18)9-21-15-7-14(19)16(20)13-6-4-3-5-12(13)15/h3-7,10-11,17-18H,8-9H2,1-2H3. The van der Waals surface area contributed by atoms with Crippen molar-refractivity contribution in [1.29, 1.82) is 0 Å². The van der Waals surface area contributed by atoms with Crippen molar-refractivity contribution in [2.75, 3.05) is 13.2 Å². The van der Waals surface area contributed by atoms with Crippen molar-refractivity contribution < 1.29 is 19.4 Å². The Balaban J connectivity index is 2.05. The molecule has 0 bridgehead atoms. The molecule has 1 aromatic carbocycles. The summed E-state index contributed by atoms with van der Waals surface area (Å²) in [6.45, 7) is 4.43. The first-order valence-corrected chi connectivity index (χ1v) is 6.93. The lowest BCUT2D eigenvalue weighted by Crippen LogP contribution is -2.34. The van der Waals surface area contributed by atoms with Gasteiger partial charge in [-0.3, -0.25) is 9.59 Å². The molecule has 0 fully saturated rings. The monoisotopic (exact) mass is 289 g/mol. The number of benzene rings is 1. The van der Waals surface area contributed by atoms with E-state index in [0.717, 1.165) is 0 Å². The molecular formula is C16H19NO4. The second-order valence-electron chi connectivity index (χ2n) is 5.28. The van der Waals surface area contributed by atoms with Gasteiger partial charge in [-0.25, -0.2) is 0 Å². The molecule has 5 heteroatoms. The van der Waals surface area contributed by atoms with Gasteiger partial charge in [0.1, 0.15) is 18.5 Å². The predicted octanol–water partition coefficient (Wildman–Crippen LogP) is 1.17. The molecule has 112 valence electrons. The number of ketones is 2. The Morgan fingerprint density at radius 2 is 1.86 bits per heavy atom. The third kappa shape index (κ3) is 3.77. The number of aliphatic hydroxyl groups excluding tert-OH is 1. The van der Waals surface area contributed by atoms with Gasteiger partial charge in [0.25, 0.3) is 0 Å². The summed E-state index contributed by atoms with van der Waals surface area (Å²) in [5, 5.41) is 12.9. The average molecular weight is 289 g/mol. The van der Waals surface area contributed by atoms with Crippen molar-refractivity contribution in [2.24, 2.45) is 0 Å². The SMILES string of the molecule is CC(C)NCC(O)COC1=CC(=O)C(=O)c2ccccc21. The van der Waals surface area contributed by atoms with Gasteiger partial charge < -0.3 is 15.2 Å². The van der Waals surface area contributed by atoms with Crippen LogP contribution in [-0.4, -0.2) is 42.0 Å². The molecule has 0 saturated carbocycles. The lowest BCUT2D eigenvalue weighted by molar-refractivity contribution is -0.111. The van der Waals surface area contributed by atoms with E-state index >= 15 is 0 Å². The number of Topliss-reactive ketones (excluding diaryl/α,β-unsaturated/α-hetero) is 1. The van der Waals surface area contributed by atoms with Gasteiger partial charge in [-0.2, -0.15) is 0 Å². The number of carbonyl (C=O) groups excluding carboxylic acids is 2. The third-order valence-corrected chi connectivity index (χ3v) is 3.12. The van der Waals surface area contributed by atoms with Crippen LogP contribution in [0.1, 0.15) is 29.8 Å². The second-order valence-corrected chi connectivity index (χ2v) is 5.28. The van der Waals surface area contributed by atoms with Crippen molar-refractivity contribution >= 4 is 17.3 Å². The molecule has 1 unspecified atom stereocenters. The Bertz CT molecular complexity index is 577. The Hall–Kier alpha value is -1.98. The minimum absolute atomic E-state index is 0.0569. The van der Waals surface area contributed by atoms with E-state index in [1.54, 1.807) is 24.3 Å². The largest absolute Gasteiger partial charge is 0.490 e. The van der Waals surface area contributed by atoms with E-state index in [0.29, 0.717) is 23.4 Å². The van der Waals surface area contributed by atoms with E-state index in [2.05, 4.69) is 5.32 Å². The van der Waals surface area contributed by atoms with Crippen LogP contribution in [0.4, 0.5) is 0 Å². The first kappa shape index (κ1) is 15.4. The smallest absolute Gasteiger partial charge is 0.233 e. The molecule has 0 amide bonds. The van der Waals surface area contributed by atoms with Gasteiger partial charge in [0.15, 0.2) is 0 Å². The maximum atomic E-state index is 11.8. The van der Waals surface area contributed by atoms with Gasteiger partial charge in [-0.05, 0) is 0 Å². The van der Waals surface area contributed by atoms with Crippen molar-refractivity contribution in [3.8, 4) is 0 Å². The van der Waals surface area contributed by atoms with E-state index < -0.39 is 17.7 Å². The molecule has 1 aliphatic rings. The summed E-state index contributed by atoms with van der Waals surface area (Å²) in [7, 11) is 0. The summed E-state index contributed by atoms with van der Waals surface area (Å²) >= 11 is 0. The topological polar surface area (TPSA) is 75.6 Å². The number of hydrogen-bond donors (Lipinski definition) is 2. The first-order chi connectivity index (χ1) is 9.99. The van der Waals surface area contributed by atoms with Crippen molar-refractivity contribution in [3.63, 3.8) is 0 Å². The van der Waals surface area contributed by atoms with Crippen LogP contribution >= 0.6 is 0 Å². The number of hydrogen-bond acceptors (Lipinski definition) is 5. The summed E-state index contributed by atoms with van der Waals surface area (Å²) in [5.41, 5.74) is 0.931. The summed E-state index contributed by atoms with van der Waals surface area (Å²) in [4.78, 5) is 23.4. The van der Waals surface area contributed by atoms with Gasteiger partial charge >= 0.3 is 0 Å². The van der Waals surface area contributed by atoms with Crippen molar-refractivity contribution in [1.82, 2.24) is 5.32 Å². The number of carbonyl (C=O) groups is 2. The summed E-state index contributed by atoms with van der Waals surface area (Å²) in [5.74, 6) is -0.794. The highest BCUT2D eigenvalue weighted by atomic mass is 16.5. The minimum Gasteiger partial charge on any atom is -0.490 e. The number of allylic oxidation sites excluding steroid dienone is 1.